The average molecular weight is 261 g/mol. The van der Waals surface area contributed by atoms with E-state index < -0.39 is 7.12 Å². The summed E-state index contributed by atoms with van der Waals surface area (Å²) in [5.74, 6) is 0.657. The molecule has 5 heteroatoms. The molecule has 0 radical (unpaired) electrons. The molecule has 1 fully saturated rings. The lowest BCUT2D eigenvalue weighted by Gasteiger charge is -2.32. The van der Waals surface area contributed by atoms with Crippen LogP contribution in [0.15, 0.2) is 18.8 Å². The number of rotatable bonds is 3. The molecule has 1 aromatic heterocycles. The minimum Gasteiger partial charge on any atom is -0.496 e. The molecule has 0 spiro atoms. The van der Waals surface area contributed by atoms with E-state index in [1.165, 1.54) is 0 Å². The molecule has 0 saturated carbocycles. The summed E-state index contributed by atoms with van der Waals surface area (Å²) in [6, 6.07) is 1.88. The molecular formula is C14H20BNO3. The van der Waals surface area contributed by atoms with Gasteiger partial charge in [0.2, 0.25) is 0 Å². The molecule has 102 valence electrons. The summed E-state index contributed by atoms with van der Waals surface area (Å²) in [6.07, 6.45) is 3.35. The van der Waals surface area contributed by atoms with Gasteiger partial charge in [-0.3, -0.25) is 4.98 Å². The van der Waals surface area contributed by atoms with Gasteiger partial charge >= 0.3 is 7.12 Å². The second-order valence-electron chi connectivity index (χ2n) is 5.64. The van der Waals surface area contributed by atoms with Gasteiger partial charge in [0.05, 0.1) is 30.2 Å². The Morgan fingerprint density at radius 3 is 2.32 bits per heavy atom. The molecule has 0 N–H and O–H groups in total. The number of nitrogens with zero attached hydrogens (tertiary/aromatic N) is 1. The highest BCUT2D eigenvalue weighted by molar-refractivity contribution is 6.63. The number of aromatic nitrogens is 1. The van der Waals surface area contributed by atoms with Crippen molar-refractivity contribution in [2.75, 3.05) is 7.11 Å². The average Bonchev–Trinajstić information content (AvgIpc) is 2.57. The highest BCUT2D eigenvalue weighted by Crippen LogP contribution is 2.37. The smallest absolute Gasteiger partial charge is 0.496 e. The van der Waals surface area contributed by atoms with Gasteiger partial charge in [-0.1, -0.05) is 6.58 Å². The first-order valence-electron chi connectivity index (χ1n) is 6.33. The molecule has 4 nitrogen and oxygen atoms in total. The van der Waals surface area contributed by atoms with Gasteiger partial charge in [0.1, 0.15) is 5.75 Å². The number of ether oxygens (including phenoxy) is 1. The van der Waals surface area contributed by atoms with Crippen LogP contribution in [0.1, 0.15) is 33.4 Å². The molecule has 2 heterocycles. The lowest BCUT2D eigenvalue weighted by Crippen LogP contribution is -2.41. The van der Waals surface area contributed by atoms with Crippen molar-refractivity contribution in [2.45, 2.75) is 38.9 Å². The third-order valence-corrected chi connectivity index (χ3v) is 3.86. The maximum atomic E-state index is 6.03. The van der Waals surface area contributed by atoms with Crippen molar-refractivity contribution in [1.82, 2.24) is 4.98 Å². The Hall–Kier alpha value is -1.33. The Morgan fingerprint density at radius 1 is 1.26 bits per heavy atom. The van der Waals surface area contributed by atoms with Crippen LogP contribution >= 0.6 is 0 Å². The zero-order valence-electron chi connectivity index (χ0n) is 12.2. The summed E-state index contributed by atoms with van der Waals surface area (Å²) in [4.78, 5) is 4.22. The van der Waals surface area contributed by atoms with Gasteiger partial charge in [-0.2, -0.15) is 0 Å². The largest absolute Gasteiger partial charge is 0.498 e. The summed E-state index contributed by atoms with van der Waals surface area (Å²) < 4.78 is 17.4. The van der Waals surface area contributed by atoms with Gasteiger partial charge in [0, 0.05) is 5.46 Å². The Balaban J connectivity index is 2.40. The number of pyridine rings is 1. The molecule has 0 unspecified atom stereocenters. The first kappa shape index (κ1) is 14.1. The van der Waals surface area contributed by atoms with Crippen LogP contribution in [0.2, 0.25) is 0 Å². The fraction of sp³-hybridized carbons (Fsp3) is 0.500. The molecule has 0 bridgehead atoms. The van der Waals surface area contributed by atoms with Crippen molar-refractivity contribution >= 4 is 18.7 Å². The zero-order valence-corrected chi connectivity index (χ0v) is 12.2. The van der Waals surface area contributed by atoms with Crippen LogP contribution in [0, 0.1) is 0 Å². The van der Waals surface area contributed by atoms with Gasteiger partial charge in [0.25, 0.3) is 0 Å². The minimum atomic E-state index is -0.457. The van der Waals surface area contributed by atoms with Crippen LogP contribution in [-0.2, 0) is 9.31 Å². The fourth-order valence-corrected chi connectivity index (χ4v) is 1.91. The molecule has 0 atom stereocenters. The first-order chi connectivity index (χ1) is 8.80. The van der Waals surface area contributed by atoms with E-state index in [2.05, 4.69) is 11.6 Å². The van der Waals surface area contributed by atoms with Crippen LogP contribution < -0.4 is 10.2 Å². The summed E-state index contributed by atoms with van der Waals surface area (Å²) in [7, 11) is 1.15. The second-order valence-corrected chi connectivity index (χ2v) is 5.64. The highest BCUT2D eigenvalue weighted by atomic mass is 16.7. The predicted molar refractivity (Wildman–Crippen MR) is 76.6 cm³/mol. The van der Waals surface area contributed by atoms with E-state index in [9.17, 15) is 0 Å². The van der Waals surface area contributed by atoms with Gasteiger partial charge in [-0.05, 0) is 39.8 Å². The molecule has 1 aliphatic heterocycles. The van der Waals surface area contributed by atoms with Gasteiger partial charge < -0.3 is 14.0 Å². The summed E-state index contributed by atoms with van der Waals surface area (Å²) >= 11 is 0. The summed E-state index contributed by atoms with van der Waals surface area (Å²) in [6.45, 7) is 11.8. The summed E-state index contributed by atoms with van der Waals surface area (Å²) in [5, 5.41) is 0. The predicted octanol–water partition coefficient (Wildman–Crippen LogP) is 2.03. The molecule has 1 aromatic rings. The maximum absolute atomic E-state index is 6.03. The lowest BCUT2D eigenvalue weighted by atomic mass is 9.78. The summed E-state index contributed by atoms with van der Waals surface area (Å²) in [5.41, 5.74) is 0.859. The van der Waals surface area contributed by atoms with Gasteiger partial charge in [0.15, 0.2) is 0 Å². The molecule has 2 rings (SSSR count). The molecule has 19 heavy (non-hydrogen) atoms. The van der Waals surface area contributed by atoms with Crippen molar-refractivity contribution in [3.8, 4) is 5.75 Å². The number of methoxy groups -OCH3 is 1. The lowest BCUT2D eigenvalue weighted by molar-refractivity contribution is 0.00578. The zero-order chi connectivity index (χ0) is 14.3. The molecular weight excluding hydrogens is 241 g/mol. The minimum absolute atomic E-state index is 0.375. The van der Waals surface area contributed by atoms with Crippen molar-refractivity contribution in [3.05, 3.63) is 24.5 Å². The van der Waals surface area contributed by atoms with E-state index in [1.54, 1.807) is 19.4 Å². The Morgan fingerprint density at radius 2 is 1.84 bits per heavy atom. The van der Waals surface area contributed by atoms with Crippen molar-refractivity contribution < 1.29 is 14.0 Å². The van der Waals surface area contributed by atoms with E-state index in [4.69, 9.17) is 14.0 Å². The normalized spacial score (nSPS) is 20.4. The van der Waals surface area contributed by atoms with Crippen LogP contribution in [-0.4, -0.2) is 30.4 Å². The Kier molecular flexibility index (Phi) is 3.45. The van der Waals surface area contributed by atoms with E-state index in [0.717, 1.165) is 11.2 Å². The standard InChI is InChI=1S/C14H20BNO3/c1-7-10-8-11(12(17-6)9-16-10)15-18-13(2,3)14(4,5)19-15/h7-9H,1H2,2-6H3. The molecule has 1 aliphatic rings. The molecule has 0 amide bonds. The quantitative estimate of drug-likeness (QED) is 0.780. The van der Waals surface area contributed by atoms with Gasteiger partial charge in [-0.25, -0.2) is 0 Å². The van der Waals surface area contributed by atoms with E-state index in [-0.39, 0.29) is 11.2 Å². The first-order valence-corrected chi connectivity index (χ1v) is 6.33. The fourth-order valence-electron chi connectivity index (χ4n) is 1.91. The van der Waals surface area contributed by atoms with Crippen molar-refractivity contribution in [2.24, 2.45) is 0 Å². The van der Waals surface area contributed by atoms with Crippen molar-refractivity contribution in [3.63, 3.8) is 0 Å². The van der Waals surface area contributed by atoms with Crippen LogP contribution in [0.25, 0.3) is 6.08 Å². The van der Waals surface area contributed by atoms with Crippen LogP contribution in [0.4, 0.5) is 0 Å². The van der Waals surface area contributed by atoms with Crippen molar-refractivity contribution in [1.29, 1.82) is 0 Å². The monoisotopic (exact) mass is 261 g/mol. The number of hydrogen-bond donors (Lipinski definition) is 0. The van der Waals surface area contributed by atoms with E-state index in [1.807, 2.05) is 33.8 Å². The Bertz CT molecular complexity index is 483. The number of hydrogen-bond acceptors (Lipinski definition) is 4. The Labute approximate surface area is 114 Å². The van der Waals surface area contributed by atoms with E-state index >= 15 is 0 Å². The molecule has 0 aromatic carbocycles. The maximum Gasteiger partial charge on any atom is 0.498 e. The SMILES string of the molecule is C=Cc1cc(B2OC(C)(C)C(C)(C)O2)c(OC)cn1. The molecule has 0 aliphatic carbocycles. The van der Waals surface area contributed by atoms with E-state index in [0.29, 0.717) is 5.75 Å². The highest BCUT2D eigenvalue weighted by Gasteiger charge is 2.52. The van der Waals surface area contributed by atoms with Crippen LogP contribution in [0.3, 0.4) is 0 Å². The molecule has 1 saturated heterocycles. The van der Waals surface area contributed by atoms with Crippen LogP contribution in [0.5, 0.6) is 5.75 Å². The third kappa shape index (κ3) is 2.40. The van der Waals surface area contributed by atoms with Gasteiger partial charge in [-0.15, -0.1) is 0 Å². The topological polar surface area (TPSA) is 40.6 Å². The second kappa shape index (κ2) is 4.65. The third-order valence-electron chi connectivity index (χ3n) is 3.86.